The predicted molar refractivity (Wildman–Crippen MR) is 45.7 cm³/mol. The molecule has 0 spiro atoms. The average Bonchev–Trinajstić information content (AvgIpc) is 2.48. The molecule has 1 unspecified atom stereocenters. The van der Waals surface area contributed by atoms with Crippen LogP contribution >= 0.6 is 0 Å². The molecule has 1 aliphatic rings. The molecule has 1 rings (SSSR count). The van der Waals surface area contributed by atoms with Crippen LogP contribution in [0, 0.1) is 11.8 Å². The molecule has 12 heavy (non-hydrogen) atoms. The fourth-order valence-electron chi connectivity index (χ4n) is 1.48. The fraction of sp³-hybridized carbons (Fsp3) is 0.667. The number of aliphatic carboxylic acids is 1. The van der Waals surface area contributed by atoms with Gasteiger partial charge in [0.05, 0.1) is 6.54 Å². The second kappa shape index (κ2) is 4.13. The maximum absolute atomic E-state index is 10.7. The lowest BCUT2D eigenvalue weighted by molar-refractivity contribution is -0.141. The highest BCUT2D eigenvalue weighted by atomic mass is 16.4. The van der Waals surface area contributed by atoms with Gasteiger partial charge in [-0.15, -0.1) is 5.92 Å². The zero-order valence-corrected chi connectivity index (χ0v) is 7.21. The third-order valence-corrected chi connectivity index (χ3v) is 2.11. The van der Waals surface area contributed by atoms with Crippen LogP contribution in [0.4, 0.5) is 0 Å². The number of hydrogen-bond donors (Lipinski definition) is 1. The van der Waals surface area contributed by atoms with Crippen LogP contribution < -0.4 is 0 Å². The minimum absolute atomic E-state index is 0.300. The summed E-state index contributed by atoms with van der Waals surface area (Å²) < 4.78 is 0. The van der Waals surface area contributed by atoms with E-state index in [1.807, 2.05) is 4.90 Å². The Morgan fingerprint density at radius 2 is 2.50 bits per heavy atom. The highest BCUT2D eigenvalue weighted by Crippen LogP contribution is 2.16. The molecule has 3 nitrogen and oxygen atoms in total. The van der Waals surface area contributed by atoms with Crippen molar-refractivity contribution in [1.29, 1.82) is 0 Å². The van der Waals surface area contributed by atoms with Crippen LogP contribution in [0.3, 0.4) is 0 Å². The number of likely N-dealkylation sites (tertiary alicyclic amines) is 1. The third-order valence-electron chi connectivity index (χ3n) is 2.11. The first-order chi connectivity index (χ1) is 5.75. The van der Waals surface area contributed by atoms with E-state index in [2.05, 4.69) is 11.8 Å². The van der Waals surface area contributed by atoms with Crippen molar-refractivity contribution in [3.8, 4) is 11.8 Å². The van der Waals surface area contributed by atoms with Crippen LogP contribution in [-0.4, -0.2) is 35.1 Å². The van der Waals surface area contributed by atoms with Crippen LogP contribution in [0.2, 0.25) is 0 Å². The maximum atomic E-state index is 10.7. The Hall–Kier alpha value is -1.01. The Labute approximate surface area is 72.4 Å². The number of carboxylic acid groups (broad SMARTS) is 1. The van der Waals surface area contributed by atoms with E-state index < -0.39 is 5.97 Å². The van der Waals surface area contributed by atoms with Gasteiger partial charge in [-0.3, -0.25) is 9.69 Å². The van der Waals surface area contributed by atoms with E-state index in [9.17, 15) is 4.79 Å². The standard InChI is InChI=1S/C9H13NO2/c1-2-3-6-10-7-4-5-8(10)9(11)12/h8H,4-7H2,1H3,(H,11,12). The van der Waals surface area contributed by atoms with Crippen molar-refractivity contribution in [3.63, 3.8) is 0 Å². The fourth-order valence-corrected chi connectivity index (χ4v) is 1.48. The van der Waals surface area contributed by atoms with Crippen LogP contribution in [0.25, 0.3) is 0 Å². The topological polar surface area (TPSA) is 40.5 Å². The molecule has 0 aromatic rings. The van der Waals surface area contributed by atoms with Gasteiger partial charge in [0.2, 0.25) is 0 Å². The van der Waals surface area contributed by atoms with Crippen molar-refractivity contribution in [1.82, 2.24) is 4.90 Å². The van der Waals surface area contributed by atoms with E-state index in [-0.39, 0.29) is 6.04 Å². The molecule has 66 valence electrons. The first kappa shape index (κ1) is 9.08. The summed E-state index contributed by atoms with van der Waals surface area (Å²) in [4.78, 5) is 12.6. The second-order valence-corrected chi connectivity index (χ2v) is 2.89. The number of nitrogens with zero attached hydrogens (tertiary/aromatic N) is 1. The van der Waals surface area contributed by atoms with Gasteiger partial charge in [-0.25, -0.2) is 0 Å². The Kier molecular flexibility index (Phi) is 3.12. The molecule has 1 heterocycles. The van der Waals surface area contributed by atoms with Crippen molar-refractivity contribution < 1.29 is 9.90 Å². The van der Waals surface area contributed by atoms with Crippen molar-refractivity contribution in [2.24, 2.45) is 0 Å². The molecule has 1 aliphatic heterocycles. The van der Waals surface area contributed by atoms with Crippen LogP contribution in [0.5, 0.6) is 0 Å². The smallest absolute Gasteiger partial charge is 0.320 e. The second-order valence-electron chi connectivity index (χ2n) is 2.89. The van der Waals surface area contributed by atoms with E-state index >= 15 is 0 Å². The summed E-state index contributed by atoms with van der Waals surface area (Å²) in [5.41, 5.74) is 0. The lowest BCUT2D eigenvalue weighted by atomic mass is 10.2. The van der Waals surface area contributed by atoms with Gasteiger partial charge in [0.1, 0.15) is 6.04 Å². The van der Waals surface area contributed by atoms with Crippen molar-refractivity contribution >= 4 is 5.97 Å². The van der Waals surface area contributed by atoms with Crippen molar-refractivity contribution in [3.05, 3.63) is 0 Å². The van der Waals surface area contributed by atoms with Crippen LogP contribution in [0.15, 0.2) is 0 Å². The predicted octanol–water partition coefficient (Wildman–Crippen LogP) is 0.559. The summed E-state index contributed by atoms with van der Waals surface area (Å²) in [6, 6.07) is -0.300. The lowest BCUT2D eigenvalue weighted by Crippen LogP contribution is -2.36. The van der Waals surface area contributed by atoms with Gasteiger partial charge in [0.15, 0.2) is 0 Å². The van der Waals surface area contributed by atoms with Gasteiger partial charge >= 0.3 is 5.97 Å². The average molecular weight is 167 g/mol. The van der Waals surface area contributed by atoms with E-state index in [1.54, 1.807) is 6.92 Å². The van der Waals surface area contributed by atoms with E-state index in [0.29, 0.717) is 6.54 Å². The van der Waals surface area contributed by atoms with Gasteiger partial charge in [-0.05, 0) is 19.8 Å². The highest BCUT2D eigenvalue weighted by molar-refractivity contribution is 5.73. The molecular weight excluding hydrogens is 154 g/mol. The van der Waals surface area contributed by atoms with Gasteiger partial charge in [0.25, 0.3) is 0 Å². The number of hydrogen-bond acceptors (Lipinski definition) is 2. The first-order valence-corrected chi connectivity index (χ1v) is 4.12. The van der Waals surface area contributed by atoms with Gasteiger partial charge in [-0.2, -0.15) is 0 Å². The molecular formula is C9H13NO2. The molecule has 0 aromatic carbocycles. The first-order valence-electron chi connectivity index (χ1n) is 4.12. The molecule has 0 aromatic heterocycles. The Bertz CT molecular complexity index is 226. The minimum Gasteiger partial charge on any atom is -0.480 e. The molecule has 0 aliphatic carbocycles. The SMILES string of the molecule is CC#CCN1CCCC1C(=O)O. The Morgan fingerprint density at radius 1 is 1.75 bits per heavy atom. The molecule has 1 fully saturated rings. The van der Waals surface area contributed by atoms with Crippen LogP contribution in [0.1, 0.15) is 19.8 Å². The summed E-state index contributed by atoms with van der Waals surface area (Å²) in [5.74, 6) is 4.94. The Balaban J connectivity index is 2.50. The van der Waals surface area contributed by atoms with E-state index in [1.165, 1.54) is 0 Å². The summed E-state index contributed by atoms with van der Waals surface area (Å²) in [5, 5.41) is 8.79. The quantitative estimate of drug-likeness (QED) is 0.611. The Morgan fingerprint density at radius 3 is 3.08 bits per heavy atom. The summed E-state index contributed by atoms with van der Waals surface area (Å²) in [6.45, 7) is 3.23. The van der Waals surface area contributed by atoms with Gasteiger partial charge < -0.3 is 5.11 Å². The molecule has 0 saturated carbocycles. The molecule has 1 N–H and O–H groups in total. The number of carboxylic acids is 1. The monoisotopic (exact) mass is 167 g/mol. The lowest BCUT2D eigenvalue weighted by Gasteiger charge is -2.17. The normalized spacial score (nSPS) is 23.2. The highest BCUT2D eigenvalue weighted by Gasteiger charge is 2.29. The molecule has 1 atom stereocenters. The summed E-state index contributed by atoms with van der Waals surface area (Å²) in [7, 11) is 0. The van der Waals surface area contributed by atoms with E-state index in [4.69, 9.17) is 5.11 Å². The molecule has 0 radical (unpaired) electrons. The molecule has 1 saturated heterocycles. The zero-order valence-electron chi connectivity index (χ0n) is 7.21. The third kappa shape index (κ3) is 1.99. The van der Waals surface area contributed by atoms with Crippen molar-refractivity contribution in [2.45, 2.75) is 25.8 Å². The number of rotatable bonds is 2. The minimum atomic E-state index is -0.717. The van der Waals surface area contributed by atoms with E-state index in [0.717, 1.165) is 19.4 Å². The zero-order chi connectivity index (χ0) is 8.97. The largest absolute Gasteiger partial charge is 0.480 e. The molecule has 0 bridgehead atoms. The summed E-state index contributed by atoms with van der Waals surface area (Å²) >= 11 is 0. The van der Waals surface area contributed by atoms with Crippen molar-refractivity contribution in [2.75, 3.05) is 13.1 Å². The van der Waals surface area contributed by atoms with Gasteiger partial charge in [0, 0.05) is 6.54 Å². The van der Waals surface area contributed by atoms with Crippen LogP contribution in [-0.2, 0) is 4.79 Å². The molecule has 0 amide bonds. The van der Waals surface area contributed by atoms with Gasteiger partial charge in [-0.1, -0.05) is 5.92 Å². The maximum Gasteiger partial charge on any atom is 0.320 e. The summed E-state index contributed by atoms with van der Waals surface area (Å²) in [6.07, 6.45) is 1.74. The number of carbonyl (C=O) groups is 1. The molecule has 3 heteroatoms.